The summed E-state index contributed by atoms with van der Waals surface area (Å²) in [6.45, 7) is 8.57. The molecule has 8 nitrogen and oxygen atoms in total. The Bertz CT molecular complexity index is 1220. The number of hydrogen-bond donors (Lipinski definition) is 0. The van der Waals surface area contributed by atoms with E-state index in [0.29, 0.717) is 52.4 Å². The van der Waals surface area contributed by atoms with E-state index in [4.69, 9.17) is 30.5 Å². The smallest absolute Gasteiger partial charge is 0.326 e. The number of esters is 1. The average molecular weight is 507 g/mol. The number of carbonyl (C=O) groups excluding carboxylic acids is 2. The van der Waals surface area contributed by atoms with E-state index < -0.39 is 11.9 Å². The van der Waals surface area contributed by atoms with Crippen LogP contribution >= 0.6 is 22.9 Å². The molecule has 1 amide bonds. The number of halogens is 1. The maximum atomic E-state index is 13.2. The number of nitrogens with zero attached hydrogens (tertiary/aromatic N) is 2. The molecule has 0 bridgehead atoms. The summed E-state index contributed by atoms with van der Waals surface area (Å²) in [6.07, 6.45) is 0. The van der Waals surface area contributed by atoms with E-state index >= 15 is 0 Å². The molecule has 0 spiro atoms. The number of amides is 1. The number of para-hydroxylation sites is 1. The highest BCUT2D eigenvalue weighted by atomic mass is 35.5. The lowest BCUT2D eigenvalue weighted by atomic mass is 10.1. The SMILES string of the molecule is CCOC(=O)Cn1c(=NC(=O)c2cc(OCC)c(OCC)c(OCC)c2)sc2cccc(Cl)c21. The predicted molar refractivity (Wildman–Crippen MR) is 131 cm³/mol. The second-order valence-corrected chi connectivity index (χ2v) is 8.30. The fourth-order valence-corrected chi connectivity index (χ4v) is 4.71. The third kappa shape index (κ3) is 5.71. The second kappa shape index (κ2) is 11.9. The summed E-state index contributed by atoms with van der Waals surface area (Å²) >= 11 is 7.67. The zero-order valence-electron chi connectivity index (χ0n) is 19.6. The van der Waals surface area contributed by atoms with Crippen molar-refractivity contribution < 1.29 is 28.5 Å². The Morgan fingerprint density at radius 2 is 1.62 bits per heavy atom. The molecule has 182 valence electrons. The van der Waals surface area contributed by atoms with Gasteiger partial charge in [0.15, 0.2) is 16.3 Å². The van der Waals surface area contributed by atoms with Crippen LogP contribution in [0.1, 0.15) is 38.1 Å². The zero-order chi connectivity index (χ0) is 24.7. The molecule has 0 saturated heterocycles. The first kappa shape index (κ1) is 25.6. The highest BCUT2D eigenvalue weighted by Crippen LogP contribution is 2.39. The van der Waals surface area contributed by atoms with Crippen LogP contribution in [0.25, 0.3) is 10.2 Å². The maximum absolute atomic E-state index is 13.2. The molecule has 3 aromatic rings. The Labute approximate surface area is 206 Å². The van der Waals surface area contributed by atoms with Crippen LogP contribution < -0.4 is 19.0 Å². The van der Waals surface area contributed by atoms with Gasteiger partial charge in [-0.2, -0.15) is 4.99 Å². The predicted octanol–water partition coefficient (Wildman–Crippen LogP) is 4.86. The molecule has 1 heterocycles. The third-order valence-corrected chi connectivity index (χ3v) is 5.95. The standard InChI is InChI=1S/C24H27ClN2O6S/c1-5-30-17-12-15(13-18(31-6-2)22(17)33-8-4)23(29)26-24-27(14-20(28)32-7-3)21-16(25)10-9-11-19(21)34-24/h9-13H,5-8,14H2,1-4H3. The molecule has 0 aliphatic carbocycles. The van der Waals surface area contributed by atoms with Gasteiger partial charge in [-0.3, -0.25) is 9.59 Å². The molecule has 0 unspecified atom stereocenters. The van der Waals surface area contributed by atoms with Gasteiger partial charge in [-0.05, 0) is 52.0 Å². The molecule has 10 heteroatoms. The molecule has 0 atom stereocenters. The van der Waals surface area contributed by atoms with E-state index in [2.05, 4.69) is 4.99 Å². The van der Waals surface area contributed by atoms with Crippen LogP contribution in [0.4, 0.5) is 0 Å². The summed E-state index contributed by atoms with van der Waals surface area (Å²) in [6, 6.07) is 8.54. The van der Waals surface area contributed by atoms with Crippen molar-refractivity contribution in [1.82, 2.24) is 4.57 Å². The Morgan fingerprint density at radius 3 is 2.21 bits per heavy atom. The highest BCUT2D eigenvalue weighted by Gasteiger charge is 2.19. The van der Waals surface area contributed by atoms with Crippen molar-refractivity contribution in [2.45, 2.75) is 34.2 Å². The van der Waals surface area contributed by atoms with Crippen LogP contribution in [0.5, 0.6) is 17.2 Å². The number of rotatable bonds is 10. The van der Waals surface area contributed by atoms with Crippen LogP contribution in [-0.2, 0) is 16.1 Å². The maximum Gasteiger partial charge on any atom is 0.326 e. The summed E-state index contributed by atoms with van der Waals surface area (Å²) < 4.78 is 24.6. The summed E-state index contributed by atoms with van der Waals surface area (Å²) in [5.74, 6) is 0.258. The van der Waals surface area contributed by atoms with Gasteiger partial charge in [0.1, 0.15) is 6.54 Å². The van der Waals surface area contributed by atoms with Crippen LogP contribution in [0.2, 0.25) is 5.02 Å². The second-order valence-electron chi connectivity index (χ2n) is 6.88. The minimum atomic E-state index is -0.523. The third-order valence-electron chi connectivity index (χ3n) is 4.60. The van der Waals surface area contributed by atoms with Crippen molar-refractivity contribution in [1.29, 1.82) is 0 Å². The Hall–Kier alpha value is -3.04. The Balaban J connectivity index is 2.14. The Morgan fingerprint density at radius 1 is 0.971 bits per heavy atom. The fraction of sp³-hybridized carbons (Fsp3) is 0.375. The lowest BCUT2D eigenvalue weighted by molar-refractivity contribution is -0.143. The van der Waals surface area contributed by atoms with Crippen molar-refractivity contribution in [3.05, 3.63) is 45.7 Å². The molecule has 0 aliphatic rings. The number of fused-ring (bicyclic) bond motifs is 1. The Kier molecular flexibility index (Phi) is 8.95. The minimum Gasteiger partial charge on any atom is -0.490 e. The molecular formula is C24H27ClN2O6S. The molecule has 0 aliphatic heterocycles. The quantitative estimate of drug-likeness (QED) is 0.365. The number of ether oxygens (including phenoxy) is 4. The summed E-state index contributed by atoms with van der Waals surface area (Å²) in [5, 5.41) is 0.449. The summed E-state index contributed by atoms with van der Waals surface area (Å²) in [7, 11) is 0. The first-order chi connectivity index (χ1) is 16.4. The van der Waals surface area contributed by atoms with Crippen molar-refractivity contribution in [2.75, 3.05) is 26.4 Å². The van der Waals surface area contributed by atoms with Gasteiger partial charge in [0.05, 0.1) is 41.7 Å². The first-order valence-electron chi connectivity index (χ1n) is 11.0. The number of benzene rings is 2. The molecule has 0 radical (unpaired) electrons. The van der Waals surface area contributed by atoms with Crippen molar-refractivity contribution in [3.63, 3.8) is 0 Å². The molecular weight excluding hydrogens is 480 g/mol. The van der Waals surface area contributed by atoms with Gasteiger partial charge in [0.2, 0.25) is 5.75 Å². The molecule has 34 heavy (non-hydrogen) atoms. The van der Waals surface area contributed by atoms with Gasteiger partial charge in [-0.25, -0.2) is 0 Å². The van der Waals surface area contributed by atoms with E-state index in [9.17, 15) is 9.59 Å². The molecule has 3 rings (SSSR count). The average Bonchev–Trinajstić information content (AvgIpc) is 3.14. The van der Waals surface area contributed by atoms with Gasteiger partial charge in [-0.1, -0.05) is 29.0 Å². The van der Waals surface area contributed by atoms with Crippen LogP contribution in [-0.4, -0.2) is 42.9 Å². The number of thiazole rings is 1. The lowest BCUT2D eigenvalue weighted by Gasteiger charge is -2.16. The van der Waals surface area contributed by atoms with Crippen LogP contribution in [0.15, 0.2) is 35.3 Å². The number of aromatic nitrogens is 1. The molecule has 1 aromatic heterocycles. The molecule has 2 aromatic carbocycles. The normalized spacial score (nSPS) is 11.5. The van der Waals surface area contributed by atoms with E-state index in [1.54, 1.807) is 35.8 Å². The van der Waals surface area contributed by atoms with Gasteiger partial charge in [-0.15, -0.1) is 0 Å². The molecule has 0 fully saturated rings. The molecule has 0 N–H and O–H groups in total. The van der Waals surface area contributed by atoms with Gasteiger partial charge in [0.25, 0.3) is 5.91 Å². The van der Waals surface area contributed by atoms with Gasteiger partial charge < -0.3 is 23.5 Å². The van der Waals surface area contributed by atoms with Gasteiger partial charge in [0, 0.05) is 5.56 Å². The van der Waals surface area contributed by atoms with Crippen LogP contribution in [0, 0.1) is 0 Å². The monoisotopic (exact) mass is 506 g/mol. The van der Waals surface area contributed by atoms with Gasteiger partial charge >= 0.3 is 5.97 Å². The largest absolute Gasteiger partial charge is 0.490 e. The first-order valence-corrected chi connectivity index (χ1v) is 12.2. The summed E-state index contributed by atoms with van der Waals surface area (Å²) in [4.78, 5) is 30.1. The summed E-state index contributed by atoms with van der Waals surface area (Å²) in [5.41, 5.74) is 0.882. The fourth-order valence-electron chi connectivity index (χ4n) is 3.32. The highest BCUT2D eigenvalue weighted by molar-refractivity contribution is 7.16. The minimum absolute atomic E-state index is 0.124. The zero-order valence-corrected chi connectivity index (χ0v) is 21.1. The number of hydrogen-bond acceptors (Lipinski definition) is 7. The lowest BCUT2D eigenvalue weighted by Crippen LogP contribution is -2.23. The van der Waals surface area contributed by atoms with Crippen molar-refractivity contribution in [3.8, 4) is 17.2 Å². The van der Waals surface area contributed by atoms with Crippen molar-refractivity contribution in [2.24, 2.45) is 4.99 Å². The van der Waals surface area contributed by atoms with E-state index in [1.807, 2.05) is 26.8 Å². The topological polar surface area (TPSA) is 88.4 Å². The van der Waals surface area contributed by atoms with E-state index in [1.165, 1.54) is 11.3 Å². The van der Waals surface area contributed by atoms with E-state index in [-0.39, 0.29) is 18.7 Å². The van der Waals surface area contributed by atoms with Crippen LogP contribution in [0.3, 0.4) is 0 Å². The number of carbonyl (C=O) groups is 2. The van der Waals surface area contributed by atoms with E-state index in [0.717, 1.165) is 4.70 Å². The molecule has 0 saturated carbocycles. The van der Waals surface area contributed by atoms with Crippen molar-refractivity contribution >= 4 is 45.0 Å².